The van der Waals surface area contributed by atoms with E-state index in [0.29, 0.717) is 15.6 Å². The molecule has 0 radical (unpaired) electrons. The quantitative estimate of drug-likeness (QED) is 0.793. The number of rotatable bonds is 4. The van der Waals surface area contributed by atoms with Gasteiger partial charge in [0, 0.05) is 0 Å². The molecule has 2 aromatic rings. The van der Waals surface area contributed by atoms with Crippen molar-refractivity contribution in [1.29, 1.82) is 0 Å². The number of ether oxygens (including phenoxy) is 2. The van der Waals surface area contributed by atoms with Crippen molar-refractivity contribution in [3.8, 4) is 0 Å². The van der Waals surface area contributed by atoms with Gasteiger partial charge in [-0.05, 0) is 13.0 Å². The molecule has 0 aliphatic carbocycles. The van der Waals surface area contributed by atoms with Crippen LogP contribution in [0, 0.1) is 6.92 Å². The van der Waals surface area contributed by atoms with Crippen LogP contribution in [0.25, 0.3) is 0 Å². The van der Waals surface area contributed by atoms with Gasteiger partial charge in [0.05, 0.1) is 37.3 Å². The van der Waals surface area contributed by atoms with Gasteiger partial charge >= 0.3 is 11.9 Å². The first-order chi connectivity index (χ1) is 10.1. The predicted octanol–water partition coefficient (Wildman–Crippen LogP) is 2.10. The van der Waals surface area contributed by atoms with Crippen LogP contribution in [0.2, 0.25) is 0 Å². The van der Waals surface area contributed by atoms with Gasteiger partial charge in [-0.2, -0.15) is 0 Å². The van der Waals surface area contributed by atoms with Crippen molar-refractivity contribution >= 4 is 23.7 Å². The highest BCUT2D eigenvalue weighted by molar-refractivity contribution is 7.99. The first-order valence-electron chi connectivity index (χ1n) is 5.82. The summed E-state index contributed by atoms with van der Waals surface area (Å²) in [5.74, 6) is -1.03. The SMILES string of the molecule is COC(=O)c1cnc(Sc2ccoc2C(=O)OC)c(C)n1. The summed E-state index contributed by atoms with van der Waals surface area (Å²) in [7, 11) is 2.55. The van der Waals surface area contributed by atoms with Crippen molar-refractivity contribution in [2.45, 2.75) is 16.8 Å². The number of carbonyl (C=O) groups is 2. The van der Waals surface area contributed by atoms with Crippen LogP contribution in [0.5, 0.6) is 0 Å². The van der Waals surface area contributed by atoms with E-state index in [9.17, 15) is 9.59 Å². The second kappa shape index (κ2) is 6.40. The van der Waals surface area contributed by atoms with Gasteiger partial charge in [-0.15, -0.1) is 0 Å². The first-order valence-corrected chi connectivity index (χ1v) is 6.64. The Morgan fingerprint density at radius 1 is 1.24 bits per heavy atom. The number of methoxy groups -OCH3 is 2. The number of hydrogen-bond donors (Lipinski definition) is 0. The molecule has 0 spiro atoms. The van der Waals surface area contributed by atoms with E-state index >= 15 is 0 Å². The molecule has 2 aromatic heterocycles. The van der Waals surface area contributed by atoms with Crippen LogP contribution in [0.4, 0.5) is 0 Å². The van der Waals surface area contributed by atoms with Gasteiger partial charge in [0.1, 0.15) is 5.03 Å². The maximum Gasteiger partial charge on any atom is 0.375 e. The van der Waals surface area contributed by atoms with E-state index in [1.165, 1.54) is 38.4 Å². The van der Waals surface area contributed by atoms with Crippen molar-refractivity contribution < 1.29 is 23.5 Å². The number of aryl methyl sites for hydroxylation is 1. The van der Waals surface area contributed by atoms with Gasteiger partial charge in [0.15, 0.2) is 5.69 Å². The maximum absolute atomic E-state index is 11.5. The third-order valence-electron chi connectivity index (χ3n) is 2.50. The zero-order valence-electron chi connectivity index (χ0n) is 11.6. The van der Waals surface area contributed by atoms with Gasteiger partial charge in [0.2, 0.25) is 5.76 Å². The second-order valence-electron chi connectivity index (χ2n) is 3.85. The fourth-order valence-corrected chi connectivity index (χ4v) is 2.35. The minimum Gasteiger partial charge on any atom is -0.464 e. The highest BCUT2D eigenvalue weighted by Crippen LogP contribution is 2.31. The Bertz CT molecular complexity index is 683. The zero-order valence-corrected chi connectivity index (χ0v) is 12.4. The third kappa shape index (κ3) is 3.22. The van der Waals surface area contributed by atoms with Crippen LogP contribution in [-0.4, -0.2) is 36.1 Å². The summed E-state index contributed by atoms with van der Waals surface area (Å²) in [4.78, 5) is 31.7. The standard InChI is InChI=1S/C13H12N2O5S/c1-7-11(14-6-8(15-7)12(16)18-2)21-9-4-5-20-10(9)13(17)19-3/h4-6H,1-3H3. The molecule has 2 rings (SSSR count). The predicted molar refractivity (Wildman–Crippen MR) is 72.3 cm³/mol. The Morgan fingerprint density at radius 3 is 2.57 bits per heavy atom. The van der Waals surface area contributed by atoms with Gasteiger partial charge in [-0.25, -0.2) is 19.6 Å². The minimum absolute atomic E-state index is 0.0979. The van der Waals surface area contributed by atoms with Crippen LogP contribution in [0.3, 0.4) is 0 Å². The Hall–Kier alpha value is -2.35. The summed E-state index contributed by atoms with van der Waals surface area (Å²) < 4.78 is 14.3. The summed E-state index contributed by atoms with van der Waals surface area (Å²) in [6.45, 7) is 1.71. The Morgan fingerprint density at radius 2 is 1.95 bits per heavy atom. The molecule has 0 N–H and O–H groups in total. The van der Waals surface area contributed by atoms with E-state index in [-0.39, 0.29) is 11.5 Å². The van der Waals surface area contributed by atoms with Crippen molar-refractivity contribution in [2.75, 3.05) is 14.2 Å². The topological polar surface area (TPSA) is 91.5 Å². The van der Waals surface area contributed by atoms with Crippen LogP contribution in [0.15, 0.2) is 32.9 Å². The van der Waals surface area contributed by atoms with Crippen LogP contribution in [-0.2, 0) is 9.47 Å². The fraction of sp³-hybridized carbons (Fsp3) is 0.231. The van der Waals surface area contributed by atoms with Crippen molar-refractivity contribution in [1.82, 2.24) is 9.97 Å². The molecule has 0 fully saturated rings. The molecule has 0 amide bonds. The van der Waals surface area contributed by atoms with Gasteiger partial charge in [-0.1, -0.05) is 11.8 Å². The molecule has 0 atom stereocenters. The number of nitrogens with zero attached hydrogens (tertiary/aromatic N) is 2. The van der Waals surface area contributed by atoms with Crippen molar-refractivity contribution in [2.24, 2.45) is 0 Å². The van der Waals surface area contributed by atoms with E-state index in [1.54, 1.807) is 13.0 Å². The molecule has 0 aliphatic heterocycles. The van der Waals surface area contributed by atoms with Gasteiger partial charge in [-0.3, -0.25) is 0 Å². The largest absolute Gasteiger partial charge is 0.464 e. The molecule has 0 aliphatic rings. The van der Waals surface area contributed by atoms with Gasteiger partial charge in [0.25, 0.3) is 0 Å². The molecule has 0 aromatic carbocycles. The molecular weight excluding hydrogens is 296 g/mol. The zero-order chi connectivity index (χ0) is 15.4. The summed E-state index contributed by atoms with van der Waals surface area (Å²) in [5.41, 5.74) is 0.666. The van der Waals surface area contributed by atoms with Crippen LogP contribution < -0.4 is 0 Å². The summed E-state index contributed by atoms with van der Waals surface area (Å²) >= 11 is 1.20. The third-order valence-corrected chi connectivity index (χ3v) is 3.64. The highest BCUT2D eigenvalue weighted by atomic mass is 32.2. The number of furan rings is 1. The molecule has 7 nitrogen and oxygen atoms in total. The molecule has 0 unspecified atom stereocenters. The second-order valence-corrected chi connectivity index (χ2v) is 4.88. The lowest BCUT2D eigenvalue weighted by atomic mass is 10.4. The maximum atomic E-state index is 11.5. The highest BCUT2D eigenvalue weighted by Gasteiger charge is 2.19. The van der Waals surface area contributed by atoms with Crippen molar-refractivity contribution in [3.05, 3.63) is 35.7 Å². The Balaban J connectivity index is 2.27. The number of carbonyl (C=O) groups excluding carboxylic acids is 2. The molecule has 0 bridgehead atoms. The van der Waals surface area contributed by atoms with E-state index in [1.807, 2.05) is 0 Å². The molecular formula is C13H12N2O5S. The van der Waals surface area contributed by atoms with Gasteiger partial charge < -0.3 is 13.9 Å². The lowest BCUT2D eigenvalue weighted by Gasteiger charge is -2.05. The summed E-state index contributed by atoms with van der Waals surface area (Å²) in [6, 6.07) is 1.63. The molecule has 110 valence electrons. The Labute approximate surface area is 124 Å². The average Bonchev–Trinajstić information content (AvgIpc) is 2.95. The minimum atomic E-state index is -0.570. The summed E-state index contributed by atoms with van der Waals surface area (Å²) in [5, 5.41) is 0.550. The summed E-state index contributed by atoms with van der Waals surface area (Å²) in [6.07, 6.45) is 2.71. The molecule has 0 saturated heterocycles. The van der Waals surface area contributed by atoms with Crippen molar-refractivity contribution in [3.63, 3.8) is 0 Å². The van der Waals surface area contributed by atoms with E-state index in [2.05, 4.69) is 19.4 Å². The van der Waals surface area contributed by atoms with E-state index in [4.69, 9.17) is 4.42 Å². The van der Waals surface area contributed by atoms with E-state index in [0.717, 1.165) is 0 Å². The molecule has 0 saturated carbocycles. The number of hydrogen-bond acceptors (Lipinski definition) is 8. The molecule has 8 heteroatoms. The Kier molecular flexibility index (Phi) is 4.59. The lowest BCUT2D eigenvalue weighted by Crippen LogP contribution is -2.07. The van der Waals surface area contributed by atoms with E-state index < -0.39 is 11.9 Å². The molecule has 2 heterocycles. The smallest absolute Gasteiger partial charge is 0.375 e. The van der Waals surface area contributed by atoms with Crippen LogP contribution >= 0.6 is 11.8 Å². The normalized spacial score (nSPS) is 10.2. The first kappa shape index (κ1) is 15.0. The monoisotopic (exact) mass is 308 g/mol. The number of aromatic nitrogens is 2. The fourth-order valence-electron chi connectivity index (χ4n) is 1.50. The average molecular weight is 308 g/mol. The lowest BCUT2D eigenvalue weighted by molar-refractivity contribution is 0.0558. The van der Waals surface area contributed by atoms with Crippen LogP contribution in [0.1, 0.15) is 26.7 Å². The number of esters is 2. The molecule has 21 heavy (non-hydrogen) atoms.